The average Bonchev–Trinajstić information content (AvgIpc) is 2.99. The van der Waals surface area contributed by atoms with Crippen LogP contribution in [-0.2, 0) is 9.53 Å². The van der Waals surface area contributed by atoms with Gasteiger partial charge in [0, 0.05) is 11.1 Å². The normalized spacial score (nSPS) is 15.6. The molecule has 0 unspecified atom stereocenters. The zero-order valence-electron chi connectivity index (χ0n) is 18.0. The van der Waals surface area contributed by atoms with E-state index in [2.05, 4.69) is 30.3 Å². The third-order valence-electron chi connectivity index (χ3n) is 5.00. The lowest BCUT2D eigenvalue weighted by Crippen LogP contribution is -2.24. The quantitative estimate of drug-likeness (QED) is 0.536. The Labute approximate surface area is 176 Å². The van der Waals surface area contributed by atoms with Gasteiger partial charge in [0.15, 0.2) is 5.76 Å². The lowest BCUT2D eigenvalue weighted by molar-refractivity contribution is -0.155. The van der Waals surface area contributed by atoms with Crippen LogP contribution in [0.2, 0.25) is 0 Å². The van der Waals surface area contributed by atoms with Crippen molar-refractivity contribution in [1.29, 1.82) is 0 Å². The maximum atomic E-state index is 12.7. The molecular formula is C25H26N2O3. The first kappa shape index (κ1) is 20.1. The van der Waals surface area contributed by atoms with Crippen LogP contribution in [0.15, 0.2) is 58.0 Å². The number of esters is 1. The monoisotopic (exact) mass is 402 g/mol. The molecule has 1 aliphatic heterocycles. The summed E-state index contributed by atoms with van der Waals surface area (Å²) in [7, 11) is 0. The molecule has 0 fully saturated rings. The molecule has 30 heavy (non-hydrogen) atoms. The van der Waals surface area contributed by atoms with Gasteiger partial charge in [-0.2, -0.15) is 0 Å². The summed E-state index contributed by atoms with van der Waals surface area (Å²) in [5.74, 6) is 0.292. The van der Waals surface area contributed by atoms with Crippen LogP contribution in [0.3, 0.4) is 0 Å². The van der Waals surface area contributed by atoms with Crippen molar-refractivity contribution in [2.45, 2.75) is 52.7 Å². The molecule has 2 aromatic carbocycles. The molecule has 1 atom stereocenters. The van der Waals surface area contributed by atoms with Gasteiger partial charge in [-0.15, -0.1) is 0 Å². The molecule has 5 nitrogen and oxygen atoms in total. The number of carbonyl (C=O) groups is 1. The smallest absolute Gasteiger partial charge is 0.308 e. The maximum absolute atomic E-state index is 12.7. The van der Waals surface area contributed by atoms with Gasteiger partial charge in [-0.25, -0.2) is 0 Å². The zero-order valence-corrected chi connectivity index (χ0v) is 18.0. The predicted octanol–water partition coefficient (Wildman–Crippen LogP) is 5.58. The third-order valence-corrected chi connectivity index (χ3v) is 5.00. The minimum absolute atomic E-state index is 0.0855. The van der Waals surface area contributed by atoms with Crippen LogP contribution in [0.5, 0.6) is 0 Å². The molecule has 0 N–H and O–H groups in total. The van der Waals surface area contributed by atoms with E-state index in [0.29, 0.717) is 5.76 Å². The fourth-order valence-corrected chi connectivity index (χ4v) is 3.80. The molecule has 0 saturated carbocycles. The van der Waals surface area contributed by atoms with E-state index in [4.69, 9.17) is 14.3 Å². The summed E-state index contributed by atoms with van der Waals surface area (Å²) >= 11 is 0. The summed E-state index contributed by atoms with van der Waals surface area (Å²) in [5, 5.41) is 4.19. The highest BCUT2D eigenvalue weighted by Gasteiger charge is 2.32. The molecule has 2 heterocycles. The van der Waals surface area contributed by atoms with Crippen LogP contribution < -0.4 is 0 Å². The SMILES string of the molecule is Cc1ccc2c(c1)C(c1ccccc1)=N[C@@H](CC(=O)OC(C)(C)C)c1onc(C)c1-2. The van der Waals surface area contributed by atoms with E-state index in [0.717, 1.165) is 39.2 Å². The zero-order chi connectivity index (χ0) is 21.5. The van der Waals surface area contributed by atoms with E-state index in [1.165, 1.54) is 0 Å². The fraction of sp³-hybridized carbons (Fsp3) is 0.320. The number of ether oxygens (including phenoxy) is 1. The lowest BCUT2D eigenvalue weighted by atomic mass is 9.91. The highest BCUT2D eigenvalue weighted by Crippen LogP contribution is 2.41. The van der Waals surface area contributed by atoms with Crippen molar-refractivity contribution < 1.29 is 14.1 Å². The molecule has 5 heteroatoms. The molecule has 154 valence electrons. The van der Waals surface area contributed by atoms with Crippen LogP contribution in [-0.4, -0.2) is 22.4 Å². The molecule has 0 spiro atoms. The molecule has 1 aliphatic rings. The molecule has 1 aromatic heterocycles. The number of aliphatic imine (C=N–C) groups is 1. The number of fused-ring (bicyclic) bond motifs is 3. The number of nitrogens with zero attached hydrogens (tertiary/aromatic N) is 2. The van der Waals surface area contributed by atoms with Crippen molar-refractivity contribution >= 4 is 11.7 Å². The molecule has 3 aromatic rings. The Morgan fingerprint density at radius 2 is 1.80 bits per heavy atom. The first-order chi connectivity index (χ1) is 14.2. The molecule has 0 bridgehead atoms. The van der Waals surface area contributed by atoms with Crippen molar-refractivity contribution in [3.8, 4) is 11.1 Å². The highest BCUT2D eigenvalue weighted by molar-refractivity contribution is 6.17. The molecule has 4 rings (SSSR count). The standard InChI is InChI=1S/C25H26N2O3/c1-15-11-12-18-19(13-15)23(17-9-7-6-8-10-17)26-20(14-21(28)29-25(3,4)5)24-22(18)16(2)27-30-24/h6-13,20H,14H2,1-5H3/t20-/m0/s1. The highest BCUT2D eigenvalue weighted by atomic mass is 16.6. The average molecular weight is 402 g/mol. The van der Waals surface area contributed by atoms with E-state index in [9.17, 15) is 4.79 Å². The van der Waals surface area contributed by atoms with Gasteiger partial charge in [0.05, 0.1) is 23.4 Å². The largest absolute Gasteiger partial charge is 0.460 e. The first-order valence-electron chi connectivity index (χ1n) is 10.2. The van der Waals surface area contributed by atoms with Gasteiger partial charge in [-0.3, -0.25) is 9.79 Å². The van der Waals surface area contributed by atoms with Crippen molar-refractivity contribution in [2.24, 2.45) is 4.99 Å². The third kappa shape index (κ3) is 3.92. The Morgan fingerprint density at radius 1 is 1.07 bits per heavy atom. The predicted molar refractivity (Wildman–Crippen MR) is 117 cm³/mol. The van der Waals surface area contributed by atoms with Crippen LogP contribution in [0.25, 0.3) is 11.1 Å². The van der Waals surface area contributed by atoms with E-state index < -0.39 is 11.6 Å². The summed E-state index contributed by atoms with van der Waals surface area (Å²) in [6.45, 7) is 9.56. The van der Waals surface area contributed by atoms with Gasteiger partial charge < -0.3 is 9.26 Å². The van der Waals surface area contributed by atoms with E-state index >= 15 is 0 Å². The number of aromatic nitrogens is 1. The molecule has 0 saturated heterocycles. The van der Waals surface area contributed by atoms with Crippen molar-refractivity contribution in [3.63, 3.8) is 0 Å². The van der Waals surface area contributed by atoms with Gasteiger partial charge in [-0.1, -0.05) is 53.2 Å². The molecule has 0 amide bonds. The van der Waals surface area contributed by atoms with Crippen LogP contribution in [0, 0.1) is 13.8 Å². The second-order valence-electron chi connectivity index (χ2n) is 8.71. The number of carbonyl (C=O) groups excluding carboxylic acids is 1. The van der Waals surface area contributed by atoms with Gasteiger partial charge in [0.2, 0.25) is 0 Å². The van der Waals surface area contributed by atoms with Crippen molar-refractivity contribution in [3.05, 3.63) is 76.7 Å². The first-order valence-corrected chi connectivity index (χ1v) is 10.2. The Bertz CT molecular complexity index is 1120. The Hall–Kier alpha value is -3.21. The van der Waals surface area contributed by atoms with Crippen LogP contribution in [0.4, 0.5) is 0 Å². The van der Waals surface area contributed by atoms with Crippen LogP contribution in [0.1, 0.15) is 61.4 Å². The van der Waals surface area contributed by atoms with E-state index in [1.807, 2.05) is 58.0 Å². The summed E-state index contributed by atoms with van der Waals surface area (Å²) in [6.07, 6.45) is 0.0855. The number of aryl methyl sites for hydroxylation is 2. The fourth-order valence-electron chi connectivity index (χ4n) is 3.80. The van der Waals surface area contributed by atoms with Gasteiger partial charge in [0.25, 0.3) is 0 Å². The molecule has 0 aliphatic carbocycles. The summed E-state index contributed by atoms with van der Waals surface area (Å²) in [6, 6.07) is 15.8. The van der Waals surface area contributed by atoms with E-state index in [1.54, 1.807) is 0 Å². The maximum Gasteiger partial charge on any atom is 0.308 e. The molecular weight excluding hydrogens is 376 g/mol. The number of benzene rings is 2. The summed E-state index contributed by atoms with van der Waals surface area (Å²) in [5.41, 5.74) is 6.14. The van der Waals surface area contributed by atoms with Gasteiger partial charge >= 0.3 is 5.97 Å². The van der Waals surface area contributed by atoms with Crippen molar-refractivity contribution in [2.75, 3.05) is 0 Å². The minimum atomic E-state index is -0.561. The Morgan fingerprint density at radius 3 is 2.50 bits per heavy atom. The van der Waals surface area contributed by atoms with E-state index in [-0.39, 0.29) is 12.4 Å². The minimum Gasteiger partial charge on any atom is -0.460 e. The Balaban J connectivity index is 1.90. The molecule has 0 radical (unpaired) electrons. The van der Waals surface area contributed by atoms with Crippen molar-refractivity contribution in [1.82, 2.24) is 5.16 Å². The summed E-state index contributed by atoms with van der Waals surface area (Å²) in [4.78, 5) is 17.7. The lowest BCUT2D eigenvalue weighted by Gasteiger charge is -2.20. The Kier molecular flexibility index (Phi) is 5.06. The van der Waals surface area contributed by atoms with Gasteiger partial charge in [-0.05, 0) is 46.2 Å². The number of hydrogen-bond acceptors (Lipinski definition) is 5. The number of rotatable bonds is 3. The second kappa shape index (κ2) is 7.56. The second-order valence-corrected chi connectivity index (χ2v) is 8.71. The summed E-state index contributed by atoms with van der Waals surface area (Å²) < 4.78 is 11.3. The van der Waals surface area contributed by atoms with Gasteiger partial charge in [0.1, 0.15) is 11.6 Å². The topological polar surface area (TPSA) is 64.7 Å². The number of hydrogen-bond donors (Lipinski definition) is 0. The van der Waals surface area contributed by atoms with Crippen LogP contribution >= 0.6 is 0 Å².